The molecule has 13 nitrogen and oxygen atoms in total. The van der Waals surface area contributed by atoms with Gasteiger partial charge in [-0.25, -0.2) is 24.5 Å². The molecule has 3 heterocycles. The molecule has 13 heteroatoms. The van der Waals surface area contributed by atoms with Crippen LogP contribution in [0.15, 0.2) is 152 Å². The number of phenolic OH excluding ortho intramolecular Hbond substituents is 2. The predicted octanol–water partition coefficient (Wildman–Crippen LogP) is 6.44. The molecule has 326 valence electrons. The highest BCUT2D eigenvalue weighted by molar-refractivity contribution is 5.97. The van der Waals surface area contributed by atoms with Gasteiger partial charge in [-0.2, -0.15) is 0 Å². The Bertz CT molecular complexity index is 2840. The third kappa shape index (κ3) is 11.7. The first-order chi connectivity index (χ1) is 32.1. The Morgan fingerprint density at radius 1 is 0.485 bits per heavy atom. The van der Waals surface area contributed by atoms with Crippen molar-refractivity contribution in [2.24, 2.45) is 0 Å². The second-order valence-electron chi connectivity index (χ2n) is 14.7. The number of carbonyl (C=O) groups is 4. The van der Waals surface area contributed by atoms with E-state index in [0.717, 1.165) is 0 Å². The van der Waals surface area contributed by atoms with E-state index in [0.29, 0.717) is 67.5 Å². The summed E-state index contributed by atoms with van der Waals surface area (Å²) in [6.45, 7) is 0. The number of pyridine rings is 3. The van der Waals surface area contributed by atoms with E-state index < -0.39 is 35.8 Å². The zero-order valence-corrected chi connectivity index (χ0v) is 35.7. The number of nitrogens with one attached hydrogen (secondary N) is 2. The summed E-state index contributed by atoms with van der Waals surface area (Å²) in [5.41, 5.74) is 5.66. The fourth-order valence-corrected chi connectivity index (χ4v) is 6.70. The first kappa shape index (κ1) is 45.0. The van der Waals surface area contributed by atoms with Gasteiger partial charge < -0.3 is 30.3 Å². The van der Waals surface area contributed by atoms with Crippen molar-refractivity contribution in [2.75, 3.05) is 14.2 Å². The van der Waals surface area contributed by atoms with Crippen molar-refractivity contribution in [3.8, 4) is 58.0 Å². The number of aromatic hydroxyl groups is 2. The van der Waals surface area contributed by atoms with Crippen LogP contribution < -0.4 is 10.6 Å². The van der Waals surface area contributed by atoms with E-state index in [4.69, 9.17) is 24.4 Å². The number of phenols is 2. The fraction of sp³-hybridized carbons (Fsp3) is 0.113. The molecule has 4 N–H and O–H groups in total. The van der Waals surface area contributed by atoms with Gasteiger partial charge in [0.2, 0.25) is 0 Å². The zero-order valence-electron chi connectivity index (χ0n) is 35.7. The van der Waals surface area contributed by atoms with Gasteiger partial charge >= 0.3 is 11.9 Å². The molecule has 0 saturated carbocycles. The fourth-order valence-electron chi connectivity index (χ4n) is 6.70. The number of amides is 2. The van der Waals surface area contributed by atoms with Gasteiger partial charge in [-0.1, -0.05) is 78.6 Å². The van der Waals surface area contributed by atoms with Crippen molar-refractivity contribution in [3.63, 3.8) is 0 Å². The summed E-state index contributed by atoms with van der Waals surface area (Å²) in [5.74, 6) is 9.73. The number of esters is 2. The highest BCUT2D eigenvalue weighted by atomic mass is 16.5. The van der Waals surface area contributed by atoms with Crippen molar-refractivity contribution in [1.29, 1.82) is 0 Å². The number of rotatable bonds is 12. The lowest BCUT2D eigenvalue weighted by molar-refractivity contribution is -0.143. The topological polar surface area (TPSA) is 190 Å². The quantitative estimate of drug-likeness (QED) is 0.0781. The molecule has 3 aromatic heterocycles. The van der Waals surface area contributed by atoms with Crippen LogP contribution in [0.5, 0.6) is 11.5 Å². The Morgan fingerprint density at radius 3 is 1.26 bits per heavy atom. The SMILES string of the molecule is COC(=O)[C@H](Cc1ccc(O)c(C#Cc2cccc(-c3cccc(-c4cccc(C#Cc5cc(C[C@H](NC(=O)c6ccccc6)C(=O)OC)ccc5O)n4)n3)n2)c1)NC(=O)c1ccccc1. The molecule has 7 rings (SSSR count). The zero-order chi connectivity index (χ0) is 46.4. The van der Waals surface area contributed by atoms with Crippen LogP contribution in [0.4, 0.5) is 0 Å². The molecule has 0 aliphatic heterocycles. The molecule has 0 saturated heterocycles. The molecule has 2 amide bonds. The maximum absolute atomic E-state index is 12.8. The van der Waals surface area contributed by atoms with E-state index in [1.165, 1.54) is 26.4 Å². The Balaban J connectivity index is 1.05. The van der Waals surface area contributed by atoms with Crippen LogP contribution in [0.3, 0.4) is 0 Å². The van der Waals surface area contributed by atoms with Gasteiger partial charge in [-0.05, 0) is 108 Å². The number of methoxy groups -OCH3 is 2. The van der Waals surface area contributed by atoms with Crippen LogP contribution in [-0.4, -0.2) is 75.2 Å². The number of aromatic nitrogens is 3. The summed E-state index contributed by atoms with van der Waals surface area (Å²) in [5, 5.41) is 26.8. The van der Waals surface area contributed by atoms with Crippen molar-refractivity contribution in [1.82, 2.24) is 25.6 Å². The normalized spacial score (nSPS) is 11.3. The lowest BCUT2D eigenvalue weighted by Crippen LogP contribution is -2.43. The lowest BCUT2D eigenvalue weighted by Gasteiger charge is -2.17. The van der Waals surface area contributed by atoms with E-state index in [-0.39, 0.29) is 24.3 Å². The summed E-state index contributed by atoms with van der Waals surface area (Å²) in [7, 11) is 2.50. The average molecular weight is 876 g/mol. The smallest absolute Gasteiger partial charge is 0.328 e. The molecule has 0 spiro atoms. The molecular formula is C53H41N5O8. The minimum atomic E-state index is -0.984. The molecule has 0 fully saturated rings. The molecule has 4 aromatic carbocycles. The summed E-state index contributed by atoms with van der Waals surface area (Å²) in [6.07, 6.45) is 0.188. The van der Waals surface area contributed by atoms with Crippen molar-refractivity contribution in [3.05, 3.63) is 196 Å². The Morgan fingerprint density at radius 2 is 0.864 bits per heavy atom. The summed E-state index contributed by atoms with van der Waals surface area (Å²) >= 11 is 0. The third-order valence-electron chi connectivity index (χ3n) is 10.1. The number of carbonyl (C=O) groups excluding carboxylic acids is 4. The largest absolute Gasteiger partial charge is 0.507 e. The summed E-state index contributed by atoms with van der Waals surface area (Å²) in [6, 6.07) is 40.7. The van der Waals surface area contributed by atoms with E-state index in [9.17, 15) is 29.4 Å². The summed E-state index contributed by atoms with van der Waals surface area (Å²) < 4.78 is 9.90. The molecular weight excluding hydrogens is 835 g/mol. The van der Waals surface area contributed by atoms with Gasteiger partial charge in [0.15, 0.2) is 0 Å². The third-order valence-corrected chi connectivity index (χ3v) is 10.1. The minimum absolute atomic E-state index is 0.0697. The second-order valence-corrected chi connectivity index (χ2v) is 14.7. The molecule has 0 bridgehead atoms. The number of hydrogen-bond acceptors (Lipinski definition) is 11. The summed E-state index contributed by atoms with van der Waals surface area (Å²) in [4.78, 5) is 65.2. The standard InChI is InChI=1S/C53H41N5O8/c1-65-52(63)46(57-50(61)36-12-5-3-6-13-36)32-34-22-28-48(59)38(30-34)24-26-40-16-9-18-42(54-40)44-20-11-21-45(56-44)43-19-10-17-41(55-43)27-25-39-31-35(23-29-49(39)60)33-47(53(64)66-2)58-51(62)37-14-7-4-8-15-37/h3-23,28-31,46-47,59-60H,32-33H2,1-2H3,(H,57,61)(H,58,62)/t46-,47-/m0/s1. The maximum atomic E-state index is 12.8. The van der Waals surface area contributed by atoms with Crippen LogP contribution in [0.1, 0.15) is 54.4 Å². The molecule has 0 aliphatic carbocycles. The average Bonchev–Trinajstić information content (AvgIpc) is 3.36. The van der Waals surface area contributed by atoms with Crippen LogP contribution in [0.25, 0.3) is 22.8 Å². The van der Waals surface area contributed by atoms with Crippen LogP contribution in [0, 0.1) is 23.7 Å². The van der Waals surface area contributed by atoms with Gasteiger partial charge in [0.05, 0.1) is 48.1 Å². The molecule has 7 aromatic rings. The molecule has 66 heavy (non-hydrogen) atoms. The first-order valence-electron chi connectivity index (χ1n) is 20.5. The van der Waals surface area contributed by atoms with Crippen LogP contribution in [-0.2, 0) is 31.9 Å². The van der Waals surface area contributed by atoms with Crippen LogP contribution in [0.2, 0.25) is 0 Å². The van der Waals surface area contributed by atoms with Gasteiger partial charge in [-0.15, -0.1) is 0 Å². The van der Waals surface area contributed by atoms with Crippen LogP contribution >= 0.6 is 0 Å². The molecule has 0 aliphatic rings. The van der Waals surface area contributed by atoms with Gasteiger partial charge in [0, 0.05) is 24.0 Å². The van der Waals surface area contributed by atoms with E-state index in [1.54, 1.807) is 121 Å². The minimum Gasteiger partial charge on any atom is -0.507 e. The lowest BCUT2D eigenvalue weighted by atomic mass is 10.0. The Hall–Kier alpha value is -9.07. The maximum Gasteiger partial charge on any atom is 0.328 e. The predicted molar refractivity (Wildman–Crippen MR) is 246 cm³/mol. The molecule has 2 atom stereocenters. The number of nitrogens with zero attached hydrogens (tertiary/aromatic N) is 3. The highest BCUT2D eigenvalue weighted by Gasteiger charge is 2.24. The van der Waals surface area contributed by atoms with Crippen molar-refractivity contribution < 1.29 is 38.9 Å². The first-order valence-corrected chi connectivity index (χ1v) is 20.5. The van der Waals surface area contributed by atoms with Crippen molar-refractivity contribution in [2.45, 2.75) is 24.9 Å². The highest BCUT2D eigenvalue weighted by Crippen LogP contribution is 2.23. The van der Waals surface area contributed by atoms with Gasteiger partial charge in [-0.3, -0.25) is 9.59 Å². The molecule has 0 unspecified atom stereocenters. The monoisotopic (exact) mass is 875 g/mol. The van der Waals surface area contributed by atoms with Gasteiger partial charge in [0.25, 0.3) is 11.8 Å². The van der Waals surface area contributed by atoms with E-state index in [2.05, 4.69) is 34.3 Å². The number of ether oxygens (including phenoxy) is 2. The second kappa shape index (κ2) is 21.3. The van der Waals surface area contributed by atoms with E-state index >= 15 is 0 Å². The Labute approximate surface area is 380 Å². The number of benzene rings is 4. The van der Waals surface area contributed by atoms with Crippen molar-refractivity contribution >= 4 is 23.8 Å². The Kier molecular flexibility index (Phi) is 14.5. The van der Waals surface area contributed by atoms with Gasteiger partial charge in [0.1, 0.15) is 35.0 Å². The van der Waals surface area contributed by atoms with E-state index in [1.807, 2.05) is 18.2 Å². The molecule has 0 radical (unpaired) electrons. The number of hydrogen-bond donors (Lipinski definition) is 4.